The van der Waals surface area contributed by atoms with Crippen LogP contribution in [0, 0.1) is 0 Å². The van der Waals surface area contributed by atoms with Crippen molar-refractivity contribution in [1.82, 2.24) is 0 Å². The van der Waals surface area contributed by atoms with Gasteiger partial charge < -0.3 is 20.1 Å². The number of rotatable bonds is 2. The van der Waals surface area contributed by atoms with Crippen molar-refractivity contribution in [3.05, 3.63) is 17.7 Å². The lowest BCUT2D eigenvalue weighted by atomic mass is 10.1. The first-order valence-electron chi connectivity index (χ1n) is 5.81. The molecule has 7 heteroatoms. The largest absolute Gasteiger partial charge is 0.496 e. The highest BCUT2D eigenvalue weighted by Gasteiger charge is 2.35. The van der Waals surface area contributed by atoms with Gasteiger partial charge in [0.2, 0.25) is 0 Å². The zero-order chi connectivity index (χ0) is 14.0. The molecule has 1 heterocycles. The number of halogens is 3. The first-order valence-corrected chi connectivity index (χ1v) is 5.81. The van der Waals surface area contributed by atoms with Crippen molar-refractivity contribution >= 4 is 11.4 Å². The normalized spacial score (nSPS) is 16.5. The van der Waals surface area contributed by atoms with Crippen LogP contribution in [-0.4, -0.2) is 33.4 Å². The zero-order valence-electron chi connectivity index (χ0n) is 10.5. The fourth-order valence-corrected chi connectivity index (χ4v) is 2.05. The Labute approximate surface area is 108 Å². The number of ether oxygens (including phenoxy) is 2. The number of anilines is 2. The molecule has 19 heavy (non-hydrogen) atoms. The molecule has 0 unspecified atom stereocenters. The van der Waals surface area contributed by atoms with Crippen molar-refractivity contribution in [3.8, 4) is 5.75 Å². The van der Waals surface area contributed by atoms with Crippen molar-refractivity contribution in [2.75, 3.05) is 44.0 Å². The Hall–Kier alpha value is -1.63. The highest BCUT2D eigenvalue weighted by molar-refractivity contribution is 5.72. The fraction of sp³-hybridized carbons (Fsp3) is 0.500. The van der Waals surface area contributed by atoms with Crippen molar-refractivity contribution in [1.29, 1.82) is 0 Å². The summed E-state index contributed by atoms with van der Waals surface area (Å²) < 4.78 is 48.5. The van der Waals surface area contributed by atoms with Crippen molar-refractivity contribution in [2.45, 2.75) is 6.18 Å². The van der Waals surface area contributed by atoms with E-state index in [9.17, 15) is 13.2 Å². The Bertz CT molecular complexity index is 457. The molecule has 1 aliphatic rings. The standard InChI is InChI=1S/C12H15F3N2O2/c1-18-11-7-10(17-2-4-19-5-3-17)9(16)6-8(11)12(13,14)15/h6-7H,2-5,16H2,1H3. The molecule has 0 spiro atoms. The van der Waals surface area contributed by atoms with Gasteiger partial charge in [-0.15, -0.1) is 0 Å². The van der Waals surface area contributed by atoms with E-state index in [2.05, 4.69) is 0 Å². The van der Waals surface area contributed by atoms with E-state index in [-0.39, 0.29) is 11.4 Å². The van der Waals surface area contributed by atoms with Gasteiger partial charge in [-0.05, 0) is 6.07 Å². The van der Waals surface area contributed by atoms with Gasteiger partial charge >= 0.3 is 6.18 Å². The highest BCUT2D eigenvalue weighted by atomic mass is 19.4. The number of nitrogens with zero attached hydrogens (tertiary/aromatic N) is 1. The average Bonchev–Trinajstić information content (AvgIpc) is 2.38. The minimum absolute atomic E-state index is 0.0926. The maximum atomic E-state index is 12.8. The molecule has 1 aromatic rings. The number of nitrogens with two attached hydrogens (primary N) is 1. The summed E-state index contributed by atoms with van der Waals surface area (Å²) in [7, 11) is 1.21. The van der Waals surface area contributed by atoms with Crippen LogP contribution in [0.25, 0.3) is 0 Å². The summed E-state index contributed by atoms with van der Waals surface area (Å²) >= 11 is 0. The van der Waals surface area contributed by atoms with Crippen LogP contribution in [0.15, 0.2) is 12.1 Å². The summed E-state index contributed by atoms with van der Waals surface area (Å²) in [6, 6.07) is 2.26. The van der Waals surface area contributed by atoms with Gasteiger partial charge in [0.1, 0.15) is 5.75 Å². The van der Waals surface area contributed by atoms with E-state index in [1.54, 1.807) is 0 Å². The molecule has 0 amide bonds. The molecule has 0 radical (unpaired) electrons. The van der Waals surface area contributed by atoms with Crippen molar-refractivity contribution < 1.29 is 22.6 Å². The Morgan fingerprint density at radius 1 is 1.26 bits per heavy atom. The SMILES string of the molecule is COc1cc(N2CCOCC2)c(N)cc1C(F)(F)F. The number of benzene rings is 1. The quantitative estimate of drug-likeness (QED) is 0.841. The van der Waals surface area contributed by atoms with E-state index in [0.29, 0.717) is 32.0 Å². The molecule has 0 saturated carbocycles. The van der Waals surface area contributed by atoms with Gasteiger partial charge in [-0.25, -0.2) is 0 Å². The second kappa shape index (κ2) is 5.16. The topological polar surface area (TPSA) is 47.7 Å². The average molecular weight is 276 g/mol. The molecular formula is C12H15F3N2O2. The van der Waals surface area contributed by atoms with Crippen LogP contribution >= 0.6 is 0 Å². The monoisotopic (exact) mass is 276 g/mol. The Morgan fingerprint density at radius 2 is 1.89 bits per heavy atom. The van der Waals surface area contributed by atoms with Gasteiger partial charge in [0.25, 0.3) is 0 Å². The molecule has 0 aliphatic carbocycles. The van der Waals surface area contributed by atoms with Crippen LogP contribution in [0.3, 0.4) is 0 Å². The number of hydrogen-bond donors (Lipinski definition) is 1. The molecule has 1 aliphatic heterocycles. The van der Waals surface area contributed by atoms with Gasteiger partial charge in [0.05, 0.1) is 37.3 Å². The second-order valence-electron chi connectivity index (χ2n) is 4.21. The summed E-state index contributed by atoms with van der Waals surface area (Å²) in [6.45, 7) is 2.25. The first-order chi connectivity index (χ1) is 8.93. The predicted octanol–water partition coefficient (Wildman–Crippen LogP) is 2.13. The zero-order valence-corrected chi connectivity index (χ0v) is 10.5. The molecule has 0 bridgehead atoms. The third-order valence-corrected chi connectivity index (χ3v) is 3.01. The maximum absolute atomic E-state index is 12.8. The van der Waals surface area contributed by atoms with E-state index in [1.165, 1.54) is 13.2 Å². The molecule has 1 saturated heterocycles. The number of methoxy groups -OCH3 is 1. The van der Waals surface area contributed by atoms with Gasteiger partial charge in [-0.2, -0.15) is 13.2 Å². The summed E-state index contributed by atoms with van der Waals surface area (Å²) in [6.07, 6.45) is -4.48. The molecule has 1 fully saturated rings. The molecule has 1 aromatic carbocycles. The van der Waals surface area contributed by atoms with Crippen LogP contribution in [-0.2, 0) is 10.9 Å². The van der Waals surface area contributed by atoms with Crippen molar-refractivity contribution in [2.24, 2.45) is 0 Å². The Kier molecular flexibility index (Phi) is 3.75. The maximum Gasteiger partial charge on any atom is 0.420 e. The van der Waals surface area contributed by atoms with E-state index in [1.807, 2.05) is 4.90 Å². The second-order valence-corrected chi connectivity index (χ2v) is 4.21. The lowest BCUT2D eigenvalue weighted by Crippen LogP contribution is -2.36. The Morgan fingerprint density at radius 3 is 2.42 bits per heavy atom. The molecule has 2 rings (SSSR count). The highest BCUT2D eigenvalue weighted by Crippen LogP contribution is 2.41. The lowest BCUT2D eigenvalue weighted by Gasteiger charge is -2.30. The molecule has 106 valence electrons. The molecular weight excluding hydrogens is 261 g/mol. The minimum atomic E-state index is -4.48. The molecule has 2 N–H and O–H groups in total. The number of alkyl halides is 3. The summed E-state index contributed by atoms with van der Waals surface area (Å²) in [5.74, 6) is -0.219. The number of morpholine rings is 1. The van der Waals surface area contributed by atoms with Gasteiger partial charge in [0, 0.05) is 19.2 Å². The third kappa shape index (κ3) is 2.86. The third-order valence-electron chi connectivity index (χ3n) is 3.01. The number of hydrogen-bond acceptors (Lipinski definition) is 4. The molecule has 4 nitrogen and oxygen atoms in total. The van der Waals surface area contributed by atoms with Crippen LogP contribution in [0.4, 0.5) is 24.5 Å². The van der Waals surface area contributed by atoms with Crippen LogP contribution in [0.2, 0.25) is 0 Å². The van der Waals surface area contributed by atoms with E-state index in [0.717, 1.165) is 6.07 Å². The van der Waals surface area contributed by atoms with Crippen molar-refractivity contribution in [3.63, 3.8) is 0 Å². The van der Waals surface area contributed by atoms with Gasteiger partial charge in [0.15, 0.2) is 0 Å². The van der Waals surface area contributed by atoms with E-state index in [4.69, 9.17) is 15.2 Å². The summed E-state index contributed by atoms with van der Waals surface area (Å²) in [5.41, 5.74) is 5.52. The first kappa shape index (κ1) is 13.8. The summed E-state index contributed by atoms with van der Waals surface area (Å²) in [5, 5.41) is 0. The lowest BCUT2D eigenvalue weighted by molar-refractivity contribution is -0.138. The van der Waals surface area contributed by atoms with Crippen LogP contribution in [0.1, 0.15) is 5.56 Å². The smallest absolute Gasteiger partial charge is 0.420 e. The fourth-order valence-electron chi connectivity index (χ4n) is 2.05. The number of nitrogen functional groups attached to an aromatic ring is 1. The molecule has 0 atom stereocenters. The van der Waals surface area contributed by atoms with Gasteiger partial charge in [-0.1, -0.05) is 0 Å². The van der Waals surface area contributed by atoms with E-state index >= 15 is 0 Å². The summed E-state index contributed by atoms with van der Waals surface area (Å²) in [4.78, 5) is 1.89. The van der Waals surface area contributed by atoms with E-state index < -0.39 is 11.7 Å². The van der Waals surface area contributed by atoms with Crippen LogP contribution < -0.4 is 15.4 Å². The van der Waals surface area contributed by atoms with Crippen LogP contribution in [0.5, 0.6) is 5.75 Å². The Balaban J connectivity index is 2.41. The molecule has 0 aromatic heterocycles. The minimum Gasteiger partial charge on any atom is -0.496 e. The predicted molar refractivity (Wildman–Crippen MR) is 65.4 cm³/mol. The van der Waals surface area contributed by atoms with Gasteiger partial charge in [-0.3, -0.25) is 0 Å².